The van der Waals surface area contributed by atoms with Gasteiger partial charge in [0.1, 0.15) is 23.8 Å². The second kappa shape index (κ2) is 8.93. The fourth-order valence-electron chi connectivity index (χ4n) is 2.57. The molecule has 0 aromatic carbocycles. The van der Waals surface area contributed by atoms with E-state index in [1.165, 1.54) is 6.33 Å². The smallest absolute Gasteiger partial charge is 0.223 e. The number of rotatable bonds is 7. The Balaban J connectivity index is 1.42. The summed E-state index contributed by atoms with van der Waals surface area (Å²) in [6, 6.07) is 7.42. The molecule has 25 heavy (non-hydrogen) atoms. The number of hydrogen-bond acceptors (Lipinski definition) is 7. The van der Waals surface area contributed by atoms with E-state index in [9.17, 15) is 4.79 Å². The second-order valence-corrected chi connectivity index (χ2v) is 5.73. The molecule has 0 aliphatic carbocycles. The number of nitrogens with zero attached hydrogens (tertiary/aromatic N) is 3. The van der Waals surface area contributed by atoms with E-state index in [4.69, 9.17) is 4.74 Å². The summed E-state index contributed by atoms with van der Waals surface area (Å²) >= 11 is 0. The average Bonchev–Trinajstić information content (AvgIpc) is 2.67. The molecule has 8 heteroatoms. The summed E-state index contributed by atoms with van der Waals surface area (Å²) in [7, 11) is 0. The lowest BCUT2D eigenvalue weighted by Crippen LogP contribution is -2.36. The largest absolute Gasteiger partial charge is 0.381 e. The molecule has 1 aliphatic heterocycles. The molecular formula is C17H22N6O2. The molecule has 2 aromatic rings. The number of aromatic nitrogens is 3. The average molecular weight is 342 g/mol. The highest BCUT2D eigenvalue weighted by Gasteiger charge is 2.20. The number of ether oxygens (including phenoxy) is 1. The van der Waals surface area contributed by atoms with Gasteiger partial charge in [0, 0.05) is 44.5 Å². The number of nitrogens with one attached hydrogen (secondary N) is 3. The number of pyridine rings is 1. The Labute approximate surface area is 146 Å². The van der Waals surface area contributed by atoms with Crippen LogP contribution >= 0.6 is 0 Å². The number of anilines is 3. The van der Waals surface area contributed by atoms with Gasteiger partial charge in [-0.25, -0.2) is 15.0 Å². The van der Waals surface area contributed by atoms with Gasteiger partial charge in [0.2, 0.25) is 5.91 Å². The van der Waals surface area contributed by atoms with Crippen molar-refractivity contribution in [2.24, 2.45) is 5.92 Å². The van der Waals surface area contributed by atoms with E-state index in [0.29, 0.717) is 37.9 Å². The van der Waals surface area contributed by atoms with Gasteiger partial charge in [0.25, 0.3) is 0 Å². The van der Waals surface area contributed by atoms with Gasteiger partial charge in [-0.3, -0.25) is 4.79 Å². The Morgan fingerprint density at radius 3 is 2.72 bits per heavy atom. The molecule has 0 spiro atoms. The molecule has 0 saturated carbocycles. The summed E-state index contributed by atoms with van der Waals surface area (Å²) in [5, 5.41) is 9.24. The fourth-order valence-corrected chi connectivity index (χ4v) is 2.57. The summed E-state index contributed by atoms with van der Waals surface area (Å²) in [4.78, 5) is 24.6. The first-order chi connectivity index (χ1) is 12.3. The van der Waals surface area contributed by atoms with Gasteiger partial charge < -0.3 is 20.7 Å². The third kappa shape index (κ3) is 5.39. The highest BCUT2D eigenvalue weighted by atomic mass is 16.5. The summed E-state index contributed by atoms with van der Waals surface area (Å²) in [6.45, 7) is 2.48. The van der Waals surface area contributed by atoms with Crippen LogP contribution in [0.25, 0.3) is 0 Å². The van der Waals surface area contributed by atoms with Crippen LogP contribution in [0.1, 0.15) is 12.8 Å². The molecule has 8 nitrogen and oxygen atoms in total. The van der Waals surface area contributed by atoms with Crippen LogP contribution < -0.4 is 16.0 Å². The van der Waals surface area contributed by atoms with Crippen LogP contribution in [0.3, 0.4) is 0 Å². The molecule has 0 atom stereocenters. The SMILES string of the molecule is O=C(NCCNc1cc(Nc2ccccn2)ncn1)C1CCOCC1. The van der Waals surface area contributed by atoms with E-state index >= 15 is 0 Å². The standard InChI is InChI=1S/C17H22N6O2/c24-17(13-4-9-25-10-5-13)20-8-7-19-15-11-16(22-12-21-15)23-14-3-1-2-6-18-14/h1-3,6,11-13H,4-5,7-10H2,(H,20,24)(H2,18,19,21,22,23). The number of carbonyl (C=O) groups is 1. The van der Waals surface area contributed by atoms with Crippen LogP contribution in [0.5, 0.6) is 0 Å². The molecule has 3 heterocycles. The van der Waals surface area contributed by atoms with Gasteiger partial charge in [0.15, 0.2) is 0 Å². The highest BCUT2D eigenvalue weighted by molar-refractivity contribution is 5.78. The maximum atomic E-state index is 12.0. The Morgan fingerprint density at radius 2 is 1.92 bits per heavy atom. The van der Waals surface area contributed by atoms with Crippen molar-refractivity contribution in [1.82, 2.24) is 20.3 Å². The van der Waals surface area contributed by atoms with Gasteiger partial charge in [-0.05, 0) is 25.0 Å². The number of hydrogen-bond donors (Lipinski definition) is 3. The third-order valence-corrected chi connectivity index (χ3v) is 3.91. The normalized spacial score (nSPS) is 14.7. The van der Waals surface area contributed by atoms with E-state index in [1.54, 1.807) is 12.3 Å². The minimum absolute atomic E-state index is 0.0713. The van der Waals surface area contributed by atoms with Crippen molar-refractivity contribution in [3.8, 4) is 0 Å². The first-order valence-corrected chi connectivity index (χ1v) is 8.41. The van der Waals surface area contributed by atoms with Crippen molar-refractivity contribution in [2.45, 2.75) is 12.8 Å². The molecule has 1 aliphatic rings. The van der Waals surface area contributed by atoms with Crippen LogP contribution in [-0.4, -0.2) is 47.2 Å². The van der Waals surface area contributed by atoms with E-state index < -0.39 is 0 Å². The fraction of sp³-hybridized carbons (Fsp3) is 0.412. The monoisotopic (exact) mass is 342 g/mol. The maximum Gasteiger partial charge on any atom is 0.223 e. The van der Waals surface area contributed by atoms with Crippen molar-refractivity contribution in [3.63, 3.8) is 0 Å². The summed E-state index contributed by atoms with van der Waals surface area (Å²) in [5.41, 5.74) is 0. The third-order valence-electron chi connectivity index (χ3n) is 3.91. The van der Waals surface area contributed by atoms with E-state index in [1.807, 2.05) is 18.2 Å². The molecule has 0 unspecified atom stereocenters. The molecule has 1 fully saturated rings. The van der Waals surface area contributed by atoms with E-state index in [0.717, 1.165) is 18.7 Å². The summed E-state index contributed by atoms with van der Waals surface area (Å²) in [6.07, 6.45) is 4.79. The van der Waals surface area contributed by atoms with Gasteiger partial charge in [0.05, 0.1) is 0 Å². The van der Waals surface area contributed by atoms with Crippen molar-refractivity contribution in [1.29, 1.82) is 0 Å². The molecule has 3 N–H and O–H groups in total. The molecule has 132 valence electrons. The van der Waals surface area contributed by atoms with E-state index in [-0.39, 0.29) is 11.8 Å². The van der Waals surface area contributed by atoms with Crippen LogP contribution in [0.15, 0.2) is 36.8 Å². The first-order valence-electron chi connectivity index (χ1n) is 8.41. The van der Waals surface area contributed by atoms with Crippen LogP contribution in [0.2, 0.25) is 0 Å². The zero-order valence-electron chi connectivity index (χ0n) is 13.9. The topological polar surface area (TPSA) is 101 Å². The zero-order chi connectivity index (χ0) is 17.3. The number of carbonyl (C=O) groups excluding carboxylic acids is 1. The molecule has 2 aromatic heterocycles. The highest BCUT2D eigenvalue weighted by Crippen LogP contribution is 2.15. The van der Waals surface area contributed by atoms with Crippen molar-refractivity contribution < 1.29 is 9.53 Å². The lowest BCUT2D eigenvalue weighted by atomic mass is 9.99. The zero-order valence-corrected chi connectivity index (χ0v) is 13.9. The number of amides is 1. The van der Waals surface area contributed by atoms with Gasteiger partial charge in [-0.2, -0.15) is 0 Å². The van der Waals surface area contributed by atoms with Gasteiger partial charge in [-0.15, -0.1) is 0 Å². The van der Waals surface area contributed by atoms with Crippen molar-refractivity contribution >= 4 is 23.4 Å². The van der Waals surface area contributed by atoms with Gasteiger partial charge >= 0.3 is 0 Å². The molecule has 0 radical (unpaired) electrons. The van der Waals surface area contributed by atoms with Crippen LogP contribution in [0.4, 0.5) is 17.5 Å². The molecule has 1 amide bonds. The molecule has 1 saturated heterocycles. The van der Waals surface area contributed by atoms with Crippen LogP contribution in [-0.2, 0) is 9.53 Å². The Morgan fingerprint density at radius 1 is 1.08 bits per heavy atom. The lowest BCUT2D eigenvalue weighted by Gasteiger charge is -2.21. The Hall–Kier alpha value is -2.74. The Kier molecular flexibility index (Phi) is 6.11. The summed E-state index contributed by atoms with van der Waals surface area (Å²) in [5.74, 6) is 2.24. The lowest BCUT2D eigenvalue weighted by molar-refractivity contribution is -0.127. The molecular weight excluding hydrogens is 320 g/mol. The quantitative estimate of drug-likeness (QED) is 0.657. The van der Waals surface area contributed by atoms with Gasteiger partial charge in [-0.1, -0.05) is 6.07 Å². The van der Waals surface area contributed by atoms with E-state index in [2.05, 4.69) is 30.9 Å². The first kappa shape index (κ1) is 17.1. The molecule has 3 rings (SSSR count). The Bertz CT molecular complexity index is 676. The maximum absolute atomic E-state index is 12.0. The predicted molar refractivity (Wildman–Crippen MR) is 94.6 cm³/mol. The minimum atomic E-state index is 0.0713. The minimum Gasteiger partial charge on any atom is -0.381 e. The van der Waals surface area contributed by atoms with Crippen molar-refractivity contribution in [3.05, 3.63) is 36.8 Å². The second-order valence-electron chi connectivity index (χ2n) is 5.73. The predicted octanol–water partition coefficient (Wildman–Crippen LogP) is 1.57. The van der Waals surface area contributed by atoms with Crippen LogP contribution in [0, 0.1) is 5.92 Å². The van der Waals surface area contributed by atoms with Crippen molar-refractivity contribution in [2.75, 3.05) is 36.9 Å². The summed E-state index contributed by atoms with van der Waals surface area (Å²) < 4.78 is 5.27. The molecule has 0 bridgehead atoms.